The maximum atomic E-state index is 11.9. The van der Waals surface area contributed by atoms with E-state index in [1.165, 1.54) is 17.5 Å². The summed E-state index contributed by atoms with van der Waals surface area (Å²) in [6.45, 7) is 5.67. The summed E-state index contributed by atoms with van der Waals surface area (Å²) in [5, 5.41) is 3.05. The van der Waals surface area contributed by atoms with Crippen LogP contribution in [0.4, 0.5) is 4.79 Å². The lowest BCUT2D eigenvalue weighted by atomic mass is 9.88. The van der Waals surface area contributed by atoms with Crippen molar-refractivity contribution in [2.24, 2.45) is 0 Å². The lowest BCUT2D eigenvalue weighted by Crippen LogP contribution is -2.41. The minimum Gasteiger partial charge on any atom is -0.444 e. The summed E-state index contributed by atoms with van der Waals surface area (Å²) in [5.74, 6) is 1.08. The normalized spacial score (nSPS) is 28.1. The first-order valence-electron chi connectivity index (χ1n) is 7.02. The molecule has 3 heteroatoms. The van der Waals surface area contributed by atoms with Gasteiger partial charge in [-0.05, 0) is 50.7 Å². The van der Waals surface area contributed by atoms with E-state index in [-0.39, 0.29) is 12.1 Å². The summed E-state index contributed by atoms with van der Waals surface area (Å²) < 4.78 is 5.35. The summed E-state index contributed by atoms with van der Waals surface area (Å²) in [7, 11) is 0. The van der Waals surface area contributed by atoms with E-state index in [4.69, 9.17) is 4.74 Å². The van der Waals surface area contributed by atoms with Crippen molar-refractivity contribution < 1.29 is 9.53 Å². The molecule has 0 saturated heterocycles. The number of hydrogen-bond acceptors (Lipinski definition) is 2. The lowest BCUT2D eigenvalue weighted by Gasteiger charge is -2.27. The van der Waals surface area contributed by atoms with Crippen molar-refractivity contribution in [1.82, 2.24) is 5.32 Å². The van der Waals surface area contributed by atoms with Crippen molar-refractivity contribution in [2.45, 2.75) is 57.1 Å². The molecule has 1 aromatic carbocycles. The van der Waals surface area contributed by atoms with Gasteiger partial charge < -0.3 is 10.1 Å². The zero-order valence-electron chi connectivity index (χ0n) is 11.8. The largest absolute Gasteiger partial charge is 0.444 e. The minimum atomic E-state index is -0.431. The average Bonchev–Trinajstić information content (AvgIpc) is 2.85. The predicted molar refractivity (Wildman–Crippen MR) is 74.3 cm³/mol. The molecule has 0 aromatic heterocycles. The van der Waals surface area contributed by atoms with Crippen LogP contribution in [-0.4, -0.2) is 17.7 Å². The lowest BCUT2D eigenvalue weighted by molar-refractivity contribution is 0.0500. The molecule has 0 aliphatic heterocycles. The molecule has 1 aromatic rings. The molecule has 1 amide bonds. The Bertz CT molecular complexity index is 504. The van der Waals surface area contributed by atoms with Crippen LogP contribution in [0.15, 0.2) is 24.3 Å². The van der Waals surface area contributed by atoms with Crippen LogP contribution in [-0.2, 0) is 4.74 Å². The number of rotatable bonds is 1. The first kappa shape index (κ1) is 12.5. The third-order valence-electron chi connectivity index (χ3n) is 4.10. The fraction of sp³-hybridized carbons (Fsp3) is 0.562. The van der Waals surface area contributed by atoms with Crippen LogP contribution in [0.25, 0.3) is 0 Å². The summed E-state index contributed by atoms with van der Waals surface area (Å²) in [6.07, 6.45) is 1.92. The van der Waals surface area contributed by atoms with Crippen LogP contribution in [0.1, 0.15) is 56.6 Å². The van der Waals surface area contributed by atoms with Crippen LogP contribution in [0.5, 0.6) is 0 Å². The van der Waals surface area contributed by atoms with Gasteiger partial charge in [0.2, 0.25) is 0 Å². The number of benzene rings is 1. The van der Waals surface area contributed by atoms with E-state index < -0.39 is 5.60 Å². The van der Waals surface area contributed by atoms with Gasteiger partial charge in [0, 0.05) is 12.0 Å². The highest BCUT2D eigenvalue weighted by molar-refractivity contribution is 5.68. The molecule has 0 radical (unpaired) electrons. The van der Waals surface area contributed by atoms with E-state index in [2.05, 4.69) is 29.6 Å². The number of carbonyl (C=O) groups is 1. The van der Waals surface area contributed by atoms with Gasteiger partial charge in [0.1, 0.15) is 5.60 Å². The molecular weight excluding hydrogens is 238 g/mol. The first-order chi connectivity index (χ1) is 8.94. The van der Waals surface area contributed by atoms with Crippen molar-refractivity contribution >= 4 is 6.09 Å². The predicted octanol–water partition coefficient (Wildman–Crippen LogP) is 3.55. The Kier molecular flexibility index (Phi) is 2.80. The number of nitrogens with one attached hydrogen (secondary N) is 1. The fourth-order valence-corrected chi connectivity index (χ4v) is 3.47. The Morgan fingerprint density at radius 1 is 1.21 bits per heavy atom. The SMILES string of the molecule is CC(C)(C)OC(=O)N[C@@H]1C[C@@H]2C[C@H]1c1ccccc12. The number of carbonyl (C=O) groups excluding carboxylic acids is 1. The van der Waals surface area contributed by atoms with Gasteiger partial charge >= 0.3 is 6.09 Å². The van der Waals surface area contributed by atoms with Crippen molar-refractivity contribution in [2.75, 3.05) is 0 Å². The Hall–Kier alpha value is -1.51. The third kappa shape index (κ3) is 2.34. The van der Waals surface area contributed by atoms with Crippen molar-refractivity contribution in [3.05, 3.63) is 35.4 Å². The van der Waals surface area contributed by atoms with Crippen LogP contribution in [0.2, 0.25) is 0 Å². The second-order valence-electron chi connectivity index (χ2n) is 6.66. The van der Waals surface area contributed by atoms with Crippen molar-refractivity contribution in [3.8, 4) is 0 Å². The number of hydrogen-bond donors (Lipinski definition) is 1. The van der Waals surface area contributed by atoms with Crippen molar-refractivity contribution in [3.63, 3.8) is 0 Å². The number of ether oxygens (including phenoxy) is 1. The van der Waals surface area contributed by atoms with E-state index in [0.717, 1.165) is 6.42 Å². The van der Waals surface area contributed by atoms with Gasteiger partial charge in [-0.2, -0.15) is 0 Å². The van der Waals surface area contributed by atoms with Gasteiger partial charge in [-0.15, -0.1) is 0 Å². The number of alkyl carbamates (subject to hydrolysis) is 1. The van der Waals surface area contributed by atoms with Crippen LogP contribution < -0.4 is 5.32 Å². The summed E-state index contributed by atoms with van der Waals surface area (Å²) in [6, 6.07) is 8.85. The molecule has 102 valence electrons. The molecule has 3 nitrogen and oxygen atoms in total. The van der Waals surface area contributed by atoms with Crippen LogP contribution in [0, 0.1) is 0 Å². The van der Waals surface area contributed by atoms with Crippen LogP contribution in [0.3, 0.4) is 0 Å². The van der Waals surface area contributed by atoms with E-state index in [0.29, 0.717) is 11.8 Å². The highest BCUT2D eigenvalue weighted by Crippen LogP contribution is 2.52. The van der Waals surface area contributed by atoms with Gasteiger partial charge in [-0.1, -0.05) is 24.3 Å². The minimum absolute atomic E-state index is 0.231. The molecule has 0 spiro atoms. The maximum Gasteiger partial charge on any atom is 0.407 e. The molecule has 1 fully saturated rings. The molecule has 1 N–H and O–H groups in total. The highest BCUT2D eigenvalue weighted by atomic mass is 16.6. The van der Waals surface area contributed by atoms with Gasteiger partial charge in [0.15, 0.2) is 0 Å². The van der Waals surface area contributed by atoms with E-state index in [9.17, 15) is 4.79 Å². The van der Waals surface area contributed by atoms with Crippen LogP contribution >= 0.6 is 0 Å². The van der Waals surface area contributed by atoms with Gasteiger partial charge in [-0.25, -0.2) is 4.79 Å². The highest BCUT2D eigenvalue weighted by Gasteiger charge is 2.44. The number of fused-ring (bicyclic) bond motifs is 5. The molecular formula is C16H21NO2. The quantitative estimate of drug-likeness (QED) is 0.837. The van der Waals surface area contributed by atoms with E-state index in [1.807, 2.05) is 20.8 Å². The zero-order chi connectivity index (χ0) is 13.6. The van der Waals surface area contributed by atoms with Crippen molar-refractivity contribution in [1.29, 1.82) is 0 Å². The number of amides is 1. The molecule has 2 bridgehead atoms. The maximum absolute atomic E-state index is 11.9. The zero-order valence-corrected chi connectivity index (χ0v) is 11.8. The second-order valence-corrected chi connectivity index (χ2v) is 6.66. The molecule has 0 heterocycles. The summed E-state index contributed by atoms with van der Waals surface area (Å²) in [4.78, 5) is 11.9. The molecule has 3 rings (SSSR count). The van der Waals surface area contributed by atoms with Gasteiger partial charge in [0.25, 0.3) is 0 Å². The summed E-state index contributed by atoms with van der Waals surface area (Å²) >= 11 is 0. The Labute approximate surface area is 114 Å². The molecule has 19 heavy (non-hydrogen) atoms. The molecule has 2 aliphatic carbocycles. The summed E-state index contributed by atoms with van der Waals surface area (Å²) in [5.41, 5.74) is 2.47. The molecule has 1 saturated carbocycles. The Morgan fingerprint density at radius 3 is 2.58 bits per heavy atom. The van der Waals surface area contributed by atoms with Gasteiger partial charge in [0.05, 0.1) is 0 Å². The standard InChI is InChI=1S/C16H21NO2/c1-16(2,3)19-15(18)17-14-9-10-8-13(14)12-7-5-4-6-11(10)12/h4-7,10,13-14H,8-9H2,1-3H3,(H,17,18)/t10-,13-,14+/m0/s1. The fourth-order valence-electron chi connectivity index (χ4n) is 3.47. The third-order valence-corrected chi connectivity index (χ3v) is 4.10. The Balaban J connectivity index is 1.69. The topological polar surface area (TPSA) is 38.3 Å². The Morgan fingerprint density at radius 2 is 1.89 bits per heavy atom. The second kappa shape index (κ2) is 4.26. The van der Waals surface area contributed by atoms with Gasteiger partial charge in [-0.3, -0.25) is 0 Å². The molecule has 3 atom stereocenters. The average molecular weight is 259 g/mol. The smallest absolute Gasteiger partial charge is 0.407 e. The van der Waals surface area contributed by atoms with E-state index in [1.54, 1.807) is 0 Å². The monoisotopic (exact) mass is 259 g/mol. The molecule has 0 unspecified atom stereocenters. The molecule has 2 aliphatic rings. The first-order valence-corrected chi connectivity index (χ1v) is 7.02. The van der Waals surface area contributed by atoms with E-state index >= 15 is 0 Å².